The van der Waals surface area contributed by atoms with Crippen LogP contribution in [0, 0.1) is 0 Å². The summed E-state index contributed by atoms with van der Waals surface area (Å²) in [5, 5.41) is 5.55. The van der Waals surface area contributed by atoms with Crippen LogP contribution in [0.5, 0.6) is 0 Å². The van der Waals surface area contributed by atoms with Crippen molar-refractivity contribution in [2.45, 2.75) is 45.2 Å². The normalized spacial score (nSPS) is 18.5. The Labute approximate surface area is 128 Å². The van der Waals surface area contributed by atoms with E-state index in [-0.39, 0.29) is 17.4 Å². The maximum absolute atomic E-state index is 12.3. The first kappa shape index (κ1) is 14.6. The molecule has 0 aliphatic carbocycles. The van der Waals surface area contributed by atoms with Gasteiger partial charge in [-0.25, -0.2) is 4.98 Å². The smallest absolute Gasteiger partial charge is 0.249 e. The van der Waals surface area contributed by atoms with Gasteiger partial charge in [0.25, 0.3) is 0 Å². The lowest BCUT2D eigenvalue weighted by Gasteiger charge is -2.25. The molecule has 0 saturated carbocycles. The zero-order valence-corrected chi connectivity index (χ0v) is 13.0. The van der Waals surface area contributed by atoms with Gasteiger partial charge in [0.2, 0.25) is 17.8 Å². The Morgan fingerprint density at radius 2 is 2.09 bits per heavy atom. The Hall–Kier alpha value is -2.37. The second-order valence-electron chi connectivity index (χ2n) is 6.58. The largest absolute Gasteiger partial charge is 0.344 e. The molecule has 1 fully saturated rings. The highest BCUT2D eigenvalue weighted by Crippen LogP contribution is 2.28. The molecule has 0 spiro atoms. The molecule has 0 bridgehead atoms. The molecule has 1 saturated heterocycles. The second kappa shape index (κ2) is 5.12. The van der Waals surface area contributed by atoms with Gasteiger partial charge in [0, 0.05) is 12.0 Å². The molecule has 1 aliphatic rings. The summed E-state index contributed by atoms with van der Waals surface area (Å²) in [5.74, 6) is 0.218. The Kier molecular flexibility index (Phi) is 3.39. The molecule has 2 heterocycles. The summed E-state index contributed by atoms with van der Waals surface area (Å²) >= 11 is 0. The number of rotatable bonds is 2. The minimum absolute atomic E-state index is 0.0792. The molecule has 116 valence electrons. The number of hydrogen-bond acceptors (Lipinski definition) is 3. The molecule has 2 N–H and O–H groups in total. The van der Waals surface area contributed by atoms with Crippen LogP contribution in [-0.2, 0) is 15.1 Å². The fraction of sp³-hybridized carbons (Fsp3) is 0.438. The van der Waals surface area contributed by atoms with Crippen LogP contribution < -0.4 is 10.6 Å². The molecule has 0 radical (unpaired) electrons. The Morgan fingerprint density at radius 1 is 1.36 bits per heavy atom. The van der Waals surface area contributed by atoms with E-state index in [0.717, 1.165) is 11.0 Å². The zero-order valence-electron chi connectivity index (χ0n) is 13.0. The Morgan fingerprint density at radius 3 is 2.73 bits per heavy atom. The summed E-state index contributed by atoms with van der Waals surface area (Å²) in [7, 11) is 0. The maximum atomic E-state index is 12.3. The van der Waals surface area contributed by atoms with E-state index < -0.39 is 6.04 Å². The van der Waals surface area contributed by atoms with E-state index >= 15 is 0 Å². The SMILES string of the molecule is CC(C)(C)n1c(NC(=O)C2CCC(=O)N2)nc2ccccc21. The molecule has 1 aromatic heterocycles. The molecule has 22 heavy (non-hydrogen) atoms. The fourth-order valence-electron chi connectivity index (χ4n) is 2.80. The number of carbonyl (C=O) groups is 2. The van der Waals surface area contributed by atoms with Crippen molar-refractivity contribution in [1.29, 1.82) is 0 Å². The molecular weight excluding hydrogens is 280 g/mol. The lowest BCUT2D eigenvalue weighted by molar-refractivity contribution is -0.122. The summed E-state index contributed by atoms with van der Waals surface area (Å²) in [6, 6.07) is 7.31. The molecule has 1 aliphatic heterocycles. The molecule has 2 aromatic rings. The lowest BCUT2D eigenvalue weighted by Crippen LogP contribution is -2.38. The summed E-state index contributed by atoms with van der Waals surface area (Å²) in [4.78, 5) is 28.1. The summed E-state index contributed by atoms with van der Waals surface area (Å²) in [5.41, 5.74) is 1.58. The van der Waals surface area contributed by atoms with Crippen LogP contribution in [-0.4, -0.2) is 27.4 Å². The molecule has 1 atom stereocenters. The van der Waals surface area contributed by atoms with Gasteiger partial charge < -0.3 is 9.88 Å². The van der Waals surface area contributed by atoms with Crippen molar-refractivity contribution >= 4 is 28.8 Å². The quantitative estimate of drug-likeness (QED) is 0.890. The molecular formula is C16H20N4O2. The predicted molar refractivity (Wildman–Crippen MR) is 84.5 cm³/mol. The number of amides is 2. The van der Waals surface area contributed by atoms with Crippen LogP contribution in [0.3, 0.4) is 0 Å². The van der Waals surface area contributed by atoms with Crippen LogP contribution >= 0.6 is 0 Å². The highest BCUT2D eigenvalue weighted by atomic mass is 16.2. The maximum Gasteiger partial charge on any atom is 0.249 e. The van der Waals surface area contributed by atoms with Gasteiger partial charge in [-0.1, -0.05) is 12.1 Å². The van der Waals surface area contributed by atoms with Crippen molar-refractivity contribution in [2.24, 2.45) is 0 Å². The van der Waals surface area contributed by atoms with Gasteiger partial charge in [0.05, 0.1) is 11.0 Å². The number of nitrogens with one attached hydrogen (secondary N) is 2. The minimum atomic E-state index is -0.472. The topological polar surface area (TPSA) is 76.0 Å². The molecule has 1 unspecified atom stereocenters. The van der Waals surface area contributed by atoms with E-state index in [1.54, 1.807) is 0 Å². The van der Waals surface area contributed by atoms with Crippen molar-refractivity contribution in [2.75, 3.05) is 5.32 Å². The molecule has 1 aromatic carbocycles. The second-order valence-corrected chi connectivity index (χ2v) is 6.58. The Balaban J connectivity index is 1.96. The third-order valence-corrected chi connectivity index (χ3v) is 3.78. The summed E-state index contributed by atoms with van der Waals surface area (Å²) in [6.07, 6.45) is 0.925. The minimum Gasteiger partial charge on any atom is -0.344 e. The van der Waals surface area contributed by atoms with Gasteiger partial charge >= 0.3 is 0 Å². The number of fused-ring (bicyclic) bond motifs is 1. The third-order valence-electron chi connectivity index (χ3n) is 3.78. The van der Waals surface area contributed by atoms with Crippen LogP contribution in [0.1, 0.15) is 33.6 Å². The van der Waals surface area contributed by atoms with Gasteiger partial charge in [-0.3, -0.25) is 14.9 Å². The Bertz CT molecular complexity index is 742. The van der Waals surface area contributed by atoms with Gasteiger partial charge in [-0.2, -0.15) is 0 Å². The van der Waals surface area contributed by atoms with E-state index in [0.29, 0.717) is 18.8 Å². The zero-order chi connectivity index (χ0) is 15.9. The number of benzene rings is 1. The monoisotopic (exact) mass is 300 g/mol. The van der Waals surface area contributed by atoms with Gasteiger partial charge in [-0.05, 0) is 39.3 Å². The number of carbonyl (C=O) groups excluding carboxylic acids is 2. The number of imidazole rings is 1. The number of aromatic nitrogens is 2. The van der Waals surface area contributed by atoms with Crippen molar-refractivity contribution in [1.82, 2.24) is 14.9 Å². The first-order chi connectivity index (χ1) is 10.4. The standard InChI is InChI=1S/C16H20N4O2/c1-16(2,3)20-12-7-5-4-6-10(12)18-15(20)19-14(22)11-8-9-13(21)17-11/h4-7,11H,8-9H2,1-3H3,(H,17,21)(H,18,19,22). The van der Waals surface area contributed by atoms with E-state index in [2.05, 4.69) is 36.4 Å². The number of anilines is 1. The fourth-order valence-corrected chi connectivity index (χ4v) is 2.80. The van der Waals surface area contributed by atoms with Crippen LogP contribution in [0.25, 0.3) is 11.0 Å². The van der Waals surface area contributed by atoms with E-state index in [4.69, 9.17) is 0 Å². The number of nitrogens with zero attached hydrogens (tertiary/aromatic N) is 2. The average Bonchev–Trinajstić information content (AvgIpc) is 3.00. The number of hydrogen-bond donors (Lipinski definition) is 2. The van der Waals surface area contributed by atoms with E-state index in [9.17, 15) is 9.59 Å². The average molecular weight is 300 g/mol. The van der Waals surface area contributed by atoms with E-state index in [1.807, 2.05) is 28.8 Å². The first-order valence-electron chi connectivity index (χ1n) is 7.44. The van der Waals surface area contributed by atoms with Gasteiger partial charge in [0.1, 0.15) is 6.04 Å². The number of para-hydroxylation sites is 2. The van der Waals surface area contributed by atoms with Crippen LogP contribution in [0.4, 0.5) is 5.95 Å². The summed E-state index contributed by atoms with van der Waals surface area (Å²) < 4.78 is 2.01. The van der Waals surface area contributed by atoms with Crippen molar-refractivity contribution in [3.8, 4) is 0 Å². The van der Waals surface area contributed by atoms with Gasteiger partial charge in [-0.15, -0.1) is 0 Å². The van der Waals surface area contributed by atoms with E-state index in [1.165, 1.54) is 0 Å². The molecule has 2 amide bonds. The predicted octanol–water partition coefficient (Wildman–Crippen LogP) is 2.01. The summed E-state index contributed by atoms with van der Waals surface area (Å²) in [6.45, 7) is 6.19. The van der Waals surface area contributed by atoms with Crippen LogP contribution in [0.2, 0.25) is 0 Å². The van der Waals surface area contributed by atoms with Crippen molar-refractivity contribution < 1.29 is 9.59 Å². The lowest BCUT2D eigenvalue weighted by atomic mass is 10.1. The van der Waals surface area contributed by atoms with Crippen molar-refractivity contribution in [3.63, 3.8) is 0 Å². The van der Waals surface area contributed by atoms with Gasteiger partial charge in [0.15, 0.2) is 0 Å². The van der Waals surface area contributed by atoms with Crippen LogP contribution in [0.15, 0.2) is 24.3 Å². The first-order valence-corrected chi connectivity index (χ1v) is 7.44. The molecule has 3 rings (SSSR count). The highest BCUT2D eigenvalue weighted by molar-refractivity contribution is 5.99. The molecule has 6 nitrogen and oxygen atoms in total. The third kappa shape index (κ3) is 2.56. The van der Waals surface area contributed by atoms with Crippen molar-refractivity contribution in [3.05, 3.63) is 24.3 Å². The molecule has 6 heteroatoms. The highest BCUT2D eigenvalue weighted by Gasteiger charge is 2.29.